The third kappa shape index (κ3) is 3.11. The van der Waals surface area contributed by atoms with Crippen LogP contribution in [0.5, 0.6) is 0 Å². The molecule has 3 rings (SSSR count). The first-order valence-corrected chi connectivity index (χ1v) is 8.06. The molecular formula is C15H17IN4O. The van der Waals surface area contributed by atoms with Crippen molar-refractivity contribution in [2.75, 3.05) is 13.1 Å². The largest absolute Gasteiger partial charge is 0.319 e. The van der Waals surface area contributed by atoms with Gasteiger partial charge in [0.2, 0.25) is 0 Å². The van der Waals surface area contributed by atoms with Crippen molar-refractivity contribution in [3.63, 3.8) is 0 Å². The van der Waals surface area contributed by atoms with E-state index in [-0.39, 0.29) is 11.9 Å². The van der Waals surface area contributed by atoms with Gasteiger partial charge in [0.05, 0.1) is 18.6 Å². The number of amides is 1. The fraction of sp³-hybridized carbons (Fsp3) is 0.333. The van der Waals surface area contributed by atoms with Crippen LogP contribution >= 0.6 is 22.6 Å². The minimum Gasteiger partial charge on any atom is -0.319 e. The highest BCUT2D eigenvalue weighted by Crippen LogP contribution is 2.21. The van der Waals surface area contributed by atoms with Gasteiger partial charge in [-0.2, -0.15) is 0 Å². The van der Waals surface area contributed by atoms with Gasteiger partial charge in [-0.1, -0.05) is 12.1 Å². The molecule has 2 heterocycles. The first-order valence-electron chi connectivity index (χ1n) is 6.98. The summed E-state index contributed by atoms with van der Waals surface area (Å²) >= 11 is 2.29. The van der Waals surface area contributed by atoms with Crippen molar-refractivity contribution in [3.05, 3.63) is 51.6 Å². The number of benzene rings is 1. The van der Waals surface area contributed by atoms with Gasteiger partial charge in [-0.05, 0) is 53.6 Å². The SMILES string of the molecule is C[C@H](c1ccc(I)cc1)n1cncc1C(=O)NN1CCC1. The Bertz CT molecular complexity index is 633. The standard InChI is InChI=1S/C15H17IN4O/c1-11(12-3-5-13(16)6-4-12)20-10-17-9-14(20)15(21)18-19-7-2-8-19/h3-6,9-11H,2,7-8H2,1H3,(H,18,21)/t11-/m1/s1. The van der Waals surface area contributed by atoms with Crippen LogP contribution < -0.4 is 5.43 Å². The molecule has 2 aromatic rings. The predicted molar refractivity (Wildman–Crippen MR) is 88.9 cm³/mol. The lowest BCUT2D eigenvalue weighted by Gasteiger charge is -2.31. The smallest absolute Gasteiger partial charge is 0.283 e. The lowest BCUT2D eigenvalue weighted by molar-refractivity contribution is 0.0632. The molecule has 1 aromatic carbocycles. The molecule has 1 fully saturated rings. The molecule has 0 bridgehead atoms. The van der Waals surface area contributed by atoms with E-state index in [1.807, 2.05) is 9.58 Å². The minimum absolute atomic E-state index is 0.0710. The summed E-state index contributed by atoms with van der Waals surface area (Å²) in [5, 5.41) is 1.93. The highest BCUT2D eigenvalue weighted by molar-refractivity contribution is 14.1. The van der Waals surface area contributed by atoms with Gasteiger partial charge in [0.15, 0.2) is 0 Å². The summed E-state index contributed by atoms with van der Waals surface area (Å²) in [6.07, 6.45) is 4.48. The predicted octanol–water partition coefficient (Wildman–Crippen LogP) is 2.45. The number of rotatable bonds is 4. The molecule has 110 valence electrons. The Balaban J connectivity index is 1.80. The van der Waals surface area contributed by atoms with Crippen LogP contribution in [-0.4, -0.2) is 33.6 Å². The van der Waals surface area contributed by atoms with Crippen molar-refractivity contribution in [1.82, 2.24) is 20.0 Å². The first kappa shape index (κ1) is 14.5. The van der Waals surface area contributed by atoms with Gasteiger partial charge in [-0.15, -0.1) is 0 Å². The molecule has 0 unspecified atom stereocenters. The number of halogens is 1. The van der Waals surface area contributed by atoms with Crippen molar-refractivity contribution in [2.45, 2.75) is 19.4 Å². The highest BCUT2D eigenvalue weighted by Gasteiger charge is 2.21. The zero-order chi connectivity index (χ0) is 14.8. The minimum atomic E-state index is -0.0930. The second kappa shape index (κ2) is 6.15. The zero-order valence-corrected chi connectivity index (χ0v) is 13.9. The van der Waals surface area contributed by atoms with Gasteiger partial charge in [0.25, 0.3) is 5.91 Å². The van der Waals surface area contributed by atoms with Crippen molar-refractivity contribution in [3.8, 4) is 0 Å². The van der Waals surface area contributed by atoms with E-state index in [1.54, 1.807) is 12.5 Å². The third-order valence-corrected chi connectivity index (χ3v) is 4.50. The number of carbonyl (C=O) groups is 1. The maximum atomic E-state index is 12.3. The molecule has 1 saturated heterocycles. The lowest BCUT2D eigenvalue weighted by Crippen LogP contribution is -2.50. The number of hydrogen-bond donors (Lipinski definition) is 1. The molecule has 1 aliphatic heterocycles. The quantitative estimate of drug-likeness (QED) is 0.808. The van der Waals surface area contributed by atoms with Gasteiger partial charge in [0, 0.05) is 16.7 Å². The van der Waals surface area contributed by atoms with Gasteiger partial charge >= 0.3 is 0 Å². The third-order valence-electron chi connectivity index (χ3n) is 3.78. The first-order chi connectivity index (χ1) is 10.1. The molecule has 6 heteroatoms. The Labute approximate surface area is 137 Å². The molecular weight excluding hydrogens is 379 g/mol. The summed E-state index contributed by atoms with van der Waals surface area (Å²) < 4.78 is 3.11. The number of hydrogen-bond acceptors (Lipinski definition) is 3. The monoisotopic (exact) mass is 396 g/mol. The van der Waals surface area contributed by atoms with Crippen molar-refractivity contribution in [1.29, 1.82) is 0 Å². The fourth-order valence-corrected chi connectivity index (χ4v) is 2.68. The lowest BCUT2D eigenvalue weighted by atomic mass is 10.1. The van der Waals surface area contributed by atoms with Crippen LogP contribution in [0.1, 0.15) is 35.4 Å². The fourth-order valence-electron chi connectivity index (χ4n) is 2.32. The van der Waals surface area contributed by atoms with E-state index in [0.29, 0.717) is 5.69 Å². The maximum Gasteiger partial charge on any atom is 0.283 e. The van der Waals surface area contributed by atoms with Gasteiger partial charge in [-0.3, -0.25) is 10.2 Å². The summed E-state index contributed by atoms with van der Waals surface area (Å²) in [7, 11) is 0. The van der Waals surface area contributed by atoms with E-state index in [0.717, 1.165) is 25.1 Å². The number of imidazole rings is 1. The van der Waals surface area contributed by atoms with Crippen molar-refractivity contribution < 1.29 is 4.79 Å². The van der Waals surface area contributed by atoms with Crippen LogP contribution in [0.25, 0.3) is 0 Å². The second-order valence-electron chi connectivity index (χ2n) is 5.20. The molecule has 5 nitrogen and oxygen atoms in total. The zero-order valence-electron chi connectivity index (χ0n) is 11.8. The van der Waals surface area contributed by atoms with Crippen LogP contribution in [0.15, 0.2) is 36.8 Å². The molecule has 1 aromatic heterocycles. The Morgan fingerprint density at radius 2 is 2.05 bits per heavy atom. The van der Waals surface area contributed by atoms with E-state index in [4.69, 9.17) is 0 Å². The van der Waals surface area contributed by atoms with Gasteiger partial charge in [0.1, 0.15) is 5.69 Å². The summed E-state index contributed by atoms with van der Waals surface area (Å²) in [4.78, 5) is 16.4. The van der Waals surface area contributed by atoms with Crippen LogP contribution in [0.4, 0.5) is 0 Å². The second-order valence-corrected chi connectivity index (χ2v) is 6.44. The molecule has 1 amide bonds. The number of nitrogens with zero attached hydrogens (tertiary/aromatic N) is 3. The van der Waals surface area contributed by atoms with Crippen molar-refractivity contribution in [2.24, 2.45) is 0 Å². The Morgan fingerprint density at radius 1 is 1.33 bits per heavy atom. The van der Waals surface area contributed by atoms with E-state index in [1.165, 1.54) is 3.57 Å². The Kier molecular flexibility index (Phi) is 4.25. The average molecular weight is 396 g/mol. The molecule has 0 spiro atoms. The van der Waals surface area contributed by atoms with E-state index in [9.17, 15) is 4.79 Å². The molecule has 1 atom stereocenters. The van der Waals surface area contributed by atoms with E-state index in [2.05, 4.69) is 64.2 Å². The van der Waals surface area contributed by atoms with Gasteiger partial charge in [-0.25, -0.2) is 9.99 Å². The molecule has 21 heavy (non-hydrogen) atoms. The van der Waals surface area contributed by atoms with E-state index < -0.39 is 0 Å². The average Bonchev–Trinajstić information content (AvgIpc) is 2.92. The normalized spacial score (nSPS) is 16.3. The van der Waals surface area contributed by atoms with Crippen LogP contribution in [0.3, 0.4) is 0 Å². The molecule has 0 saturated carbocycles. The van der Waals surface area contributed by atoms with Gasteiger partial charge < -0.3 is 4.57 Å². The highest BCUT2D eigenvalue weighted by atomic mass is 127. The van der Waals surface area contributed by atoms with Crippen LogP contribution in [0.2, 0.25) is 0 Å². The number of nitrogens with one attached hydrogen (secondary N) is 1. The number of hydrazine groups is 1. The summed E-state index contributed by atoms with van der Waals surface area (Å²) in [6, 6.07) is 8.39. The summed E-state index contributed by atoms with van der Waals surface area (Å²) in [5.41, 5.74) is 4.66. The molecule has 0 radical (unpaired) electrons. The Morgan fingerprint density at radius 3 is 2.67 bits per heavy atom. The summed E-state index contributed by atoms with van der Waals surface area (Å²) in [5.74, 6) is -0.0930. The van der Waals surface area contributed by atoms with Crippen LogP contribution in [-0.2, 0) is 0 Å². The maximum absolute atomic E-state index is 12.3. The molecule has 1 aliphatic rings. The topological polar surface area (TPSA) is 50.2 Å². The number of carbonyl (C=O) groups excluding carboxylic acids is 1. The Hall–Kier alpha value is -1.41. The van der Waals surface area contributed by atoms with E-state index >= 15 is 0 Å². The van der Waals surface area contributed by atoms with Crippen LogP contribution in [0, 0.1) is 3.57 Å². The summed E-state index contributed by atoms with van der Waals surface area (Å²) in [6.45, 7) is 3.92. The van der Waals surface area contributed by atoms with Crippen molar-refractivity contribution >= 4 is 28.5 Å². The molecule has 1 N–H and O–H groups in total. The number of aromatic nitrogens is 2. The molecule has 0 aliphatic carbocycles.